The first kappa shape index (κ1) is 41.0. The zero-order chi connectivity index (χ0) is 34.9. The molecule has 0 saturated carbocycles. The van der Waals surface area contributed by atoms with Gasteiger partial charge in [-0.05, 0) is 49.1 Å². The largest absolute Gasteiger partial charge is 0.481 e. The number of likely N-dealkylation sites (N-methyl/N-ethyl adjacent to an activating group) is 4. The molecule has 0 aliphatic heterocycles. The molecule has 16 nitrogen and oxygen atoms in total. The van der Waals surface area contributed by atoms with Gasteiger partial charge < -0.3 is 29.5 Å². The summed E-state index contributed by atoms with van der Waals surface area (Å²) in [4.78, 5) is 56.8. The molecule has 2 heterocycles. The summed E-state index contributed by atoms with van der Waals surface area (Å²) in [5.41, 5.74) is 0.314. The van der Waals surface area contributed by atoms with Gasteiger partial charge in [-0.2, -0.15) is 9.97 Å². The Bertz CT molecular complexity index is 1290. The first-order chi connectivity index (χ1) is 21.0. The summed E-state index contributed by atoms with van der Waals surface area (Å²) >= 11 is 5.59. The number of nitrogens with one attached hydrogen (secondary N) is 1. The van der Waals surface area contributed by atoms with E-state index in [0.717, 1.165) is 19.6 Å². The monoisotopic (exact) mass is 656 g/mol. The van der Waals surface area contributed by atoms with Gasteiger partial charge in [0.1, 0.15) is 11.6 Å². The maximum Gasteiger partial charge on any atom is 0.312 e. The Labute approximate surface area is 268 Å². The second-order valence-corrected chi connectivity index (χ2v) is 10.7. The molecule has 1 N–H and O–H groups in total. The first-order valence-electron chi connectivity index (χ1n) is 13.7. The molecule has 2 rings (SSSR count). The van der Waals surface area contributed by atoms with Crippen molar-refractivity contribution in [1.29, 1.82) is 0 Å². The van der Waals surface area contributed by atoms with Crippen LogP contribution in [0.4, 0.5) is 17.2 Å². The molecule has 0 aliphatic carbocycles. The third-order valence-corrected chi connectivity index (χ3v) is 6.01. The van der Waals surface area contributed by atoms with Crippen molar-refractivity contribution >= 4 is 40.4 Å². The molecule has 0 radical (unpaired) electrons. The lowest BCUT2D eigenvalue weighted by Gasteiger charge is -2.21. The van der Waals surface area contributed by atoms with Crippen LogP contribution in [0.25, 0.3) is 0 Å². The zero-order valence-corrected chi connectivity index (χ0v) is 28.4. The second-order valence-electron chi connectivity index (χ2n) is 10.4. The van der Waals surface area contributed by atoms with Crippen LogP contribution in [0.15, 0.2) is 12.1 Å². The number of carbonyl (C=O) groups is 2. The molecule has 0 spiro atoms. The third kappa shape index (κ3) is 15.5. The number of hydrogen-bond donors (Lipinski definition) is 1. The standard InChI is InChI=1S/C14H22N4O4.C9H9ClN2O4.C5H14N2/c1-10(19)8-11-9-12(18(20)21)13(15-14(11)22-5)17(4)7-6-16(2)3;1-5(13)3-6-4-7(12(14)15)8(10)11-9(6)16-2;1-6-4-5-7(2)3/h9H,6-8H2,1-5H3;4H,3H2,1-2H3;6H,4-5H2,1-3H3. The molecule has 0 atom stereocenters. The first-order valence-corrected chi connectivity index (χ1v) is 14.1. The molecule has 0 saturated heterocycles. The number of ketones is 2. The molecule has 0 bridgehead atoms. The SMILES string of the molecule is CNCCN(C)C.COc1nc(Cl)c([N+](=O)[O-])cc1CC(C)=O.COc1nc(N(C)CCN(C)C)c([N+](=O)[O-])cc1CC(C)=O. The van der Waals surface area contributed by atoms with Crippen LogP contribution in [-0.4, -0.2) is 124 Å². The predicted octanol–water partition coefficient (Wildman–Crippen LogP) is 2.68. The van der Waals surface area contributed by atoms with Crippen LogP contribution in [0.2, 0.25) is 5.15 Å². The van der Waals surface area contributed by atoms with E-state index < -0.39 is 9.85 Å². The third-order valence-electron chi connectivity index (χ3n) is 5.73. The molecule has 0 fully saturated rings. The van der Waals surface area contributed by atoms with Gasteiger partial charge >= 0.3 is 11.4 Å². The van der Waals surface area contributed by atoms with E-state index in [2.05, 4.69) is 34.3 Å². The number of aromatic nitrogens is 2. The van der Waals surface area contributed by atoms with Crippen LogP contribution >= 0.6 is 11.6 Å². The van der Waals surface area contributed by atoms with Gasteiger partial charge in [0, 0.05) is 69.3 Å². The number of Topliss-reactive ketones (excluding diaryl/α,β-unsaturated/α-hetero) is 2. The molecule has 0 aromatic carbocycles. The Morgan fingerprint density at radius 1 is 0.822 bits per heavy atom. The number of nitro groups is 2. The number of anilines is 1. The summed E-state index contributed by atoms with van der Waals surface area (Å²) in [6.07, 6.45) is 0.0763. The fourth-order valence-electron chi connectivity index (χ4n) is 3.50. The highest BCUT2D eigenvalue weighted by Gasteiger charge is 2.24. The zero-order valence-electron chi connectivity index (χ0n) is 27.7. The minimum Gasteiger partial charge on any atom is -0.481 e. The highest BCUT2D eigenvalue weighted by Crippen LogP contribution is 2.32. The van der Waals surface area contributed by atoms with Crippen LogP contribution in [0.5, 0.6) is 11.8 Å². The Hall–Kier alpha value is -3.99. The number of ether oxygens (including phenoxy) is 2. The number of hydrogen-bond acceptors (Lipinski definition) is 14. The topological polar surface area (TPSA) is 186 Å². The molecular weight excluding hydrogens is 612 g/mol. The van der Waals surface area contributed by atoms with Crippen LogP contribution in [0, 0.1) is 20.2 Å². The lowest BCUT2D eigenvalue weighted by atomic mass is 10.1. The van der Waals surface area contributed by atoms with Crippen molar-refractivity contribution in [3.63, 3.8) is 0 Å². The maximum atomic E-state index is 11.3. The van der Waals surface area contributed by atoms with E-state index in [4.69, 9.17) is 21.1 Å². The van der Waals surface area contributed by atoms with E-state index in [1.54, 1.807) is 11.9 Å². The minimum atomic E-state index is -0.654. The van der Waals surface area contributed by atoms with Gasteiger partial charge in [-0.3, -0.25) is 29.8 Å². The van der Waals surface area contributed by atoms with Crippen molar-refractivity contribution in [2.75, 3.05) is 87.6 Å². The Morgan fingerprint density at radius 2 is 1.27 bits per heavy atom. The molecule has 0 aliphatic rings. The van der Waals surface area contributed by atoms with Gasteiger partial charge in [0.2, 0.25) is 22.7 Å². The van der Waals surface area contributed by atoms with Crippen molar-refractivity contribution < 1.29 is 28.9 Å². The number of methoxy groups -OCH3 is 2. The molecule has 2 aromatic rings. The molecular formula is C28H45ClN8O8. The van der Waals surface area contributed by atoms with Gasteiger partial charge in [0.05, 0.1) is 24.1 Å². The van der Waals surface area contributed by atoms with Crippen molar-refractivity contribution in [3.05, 3.63) is 48.6 Å². The van der Waals surface area contributed by atoms with Crippen LogP contribution in [0.1, 0.15) is 25.0 Å². The van der Waals surface area contributed by atoms with Crippen LogP contribution in [0.3, 0.4) is 0 Å². The number of pyridine rings is 2. The Morgan fingerprint density at radius 3 is 1.62 bits per heavy atom. The average molecular weight is 657 g/mol. The van der Waals surface area contributed by atoms with Crippen LogP contribution < -0.4 is 19.7 Å². The smallest absolute Gasteiger partial charge is 0.312 e. The van der Waals surface area contributed by atoms with Gasteiger partial charge in [0.15, 0.2) is 0 Å². The van der Waals surface area contributed by atoms with Gasteiger partial charge in [-0.25, -0.2) is 0 Å². The van der Waals surface area contributed by atoms with Gasteiger partial charge in [-0.15, -0.1) is 0 Å². The van der Waals surface area contributed by atoms with E-state index in [0.29, 0.717) is 17.7 Å². The van der Waals surface area contributed by atoms with E-state index in [1.165, 1.54) is 40.2 Å². The molecule has 0 unspecified atom stereocenters. The summed E-state index contributed by atoms with van der Waals surface area (Å²) in [5.74, 6) is 0.356. The van der Waals surface area contributed by atoms with E-state index in [-0.39, 0.29) is 58.5 Å². The summed E-state index contributed by atoms with van der Waals surface area (Å²) in [7, 11) is 14.5. The minimum absolute atomic E-state index is 0.0220. The normalized spacial score (nSPS) is 10.3. The van der Waals surface area contributed by atoms with E-state index >= 15 is 0 Å². The fourth-order valence-corrected chi connectivity index (χ4v) is 3.70. The lowest BCUT2D eigenvalue weighted by molar-refractivity contribution is -0.385. The van der Waals surface area contributed by atoms with Crippen LogP contribution in [-0.2, 0) is 22.4 Å². The average Bonchev–Trinajstić information content (AvgIpc) is 2.95. The van der Waals surface area contributed by atoms with Crippen molar-refractivity contribution in [1.82, 2.24) is 25.1 Å². The number of carbonyl (C=O) groups excluding carboxylic acids is 2. The van der Waals surface area contributed by atoms with E-state index in [1.807, 2.05) is 26.0 Å². The fraction of sp³-hybridized carbons (Fsp3) is 0.571. The number of nitrogens with zero attached hydrogens (tertiary/aromatic N) is 7. The molecule has 0 amide bonds. The predicted molar refractivity (Wildman–Crippen MR) is 173 cm³/mol. The Kier molecular flexibility index (Phi) is 19.0. The lowest BCUT2D eigenvalue weighted by Crippen LogP contribution is -2.29. The summed E-state index contributed by atoms with van der Waals surface area (Å²) in [5, 5.41) is 24.7. The quantitative estimate of drug-likeness (QED) is 0.167. The van der Waals surface area contributed by atoms with Gasteiger partial charge in [0.25, 0.3) is 0 Å². The second kappa shape index (κ2) is 20.9. The summed E-state index contributed by atoms with van der Waals surface area (Å²) < 4.78 is 10.1. The van der Waals surface area contributed by atoms with Gasteiger partial charge in [-0.1, -0.05) is 11.6 Å². The molecule has 2 aromatic heterocycles. The Balaban J connectivity index is 0.000000733. The maximum absolute atomic E-state index is 11.3. The highest BCUT2D eigenvalue weighted by molar-refractivity contribution is 6.31. The number of halogens is 1. The van der Waals surface area contributed by atoms with Crippen molar-refractivity contribution in [2.45, 2.75) is 26.7 Å². The summed E-state index contributed by atoms with van der Waals surface area (Å²) in [6, 6.07) is 2.57. The molecule has 17 heteroatoms. The molecule has 252 valence electrons. The van der Waals surface area contributed by atoms with Crippen molar-refractivity contribution in [3.8, 4) is 11.8 Å². The van der Waals surface area contributed by atoms with E-state index in [9.17, 15) is 29.8 Å². The summed E-state index contributed by atoms with van der Waals surface area (Å²) in [6.45, 7) is 6.30. The highest BCUT2D eigenvalue weighted by atomic mass is 35.5. The molecule has 45 heavy (non-hydrogen) atoms. The van der Waals surface area contributed by atoms with Crippen molar-refractivity contribution in [2.24, 2.45) is 0 Å². The number of rotatable bonds is 15.